The van der Waals surface area contributed by atoms with Gasteiger partial charge in [0.15, 0.2) is 0 Å². The molecule has 2 nitrogen and oxygen atoms in total. The van der Waals surface area contributed by atoms with E-state index in [1.807, 2.05) is 36.6 Å². The van der Waals surface area contributed by atoms with Crippen molar-refractivity contribution in [2.75, 3.05) is 5.73 Å². The molecule has 0 aliphatic heterocycles. The Balaban J connectivity index is 0.000000681. The fourth-order valence-corrected chi connectivity index (χ4v) is 8.11. The summed E-state index contributed by atoms with van der Waals surface area (Å²) in [5, 5.41) is 2.68. The molecule has 1 aromatic heterocycles. The van der Waals surface area contributed by atoms with Crippen LogP contribution < -0.4 is 5.73 Å². The lowest BCUT2D eigenvalue weighted by Gasteiger charge is -2.24. The number of rotatable bonds is 6. The van der Waals surface area contributed by atoms with Gasteiger partial charge in [0.25, 0.3) is 0 Å². The number of benzene rings is 5. The molecule has 8 rings (SSSR count). The van der Waals surface area contributed by atoms with E-state index in [4.69, 9.17) is 10.7 Å². The number of anilines is 1. The summed E-state index contributed by atoms with van der Waals surface area (Å²) in [5.41, 5.74) is 19.9. The van der Waals surface area contributed by atoms with Gasteiger partial charge in [-0.05, 0) is 77.6 Å². The minimum atomic E-state index is 0.767. The molecule has 0 unspecified atom stereocenters. The van der Waals surface area contributed by atoms with Gasteiger partial charge in [0.1, 0.15) is 0 Å². The van der Waals surface area contributed by atoms with Crippen LogP contribution in [-0.4, -0.2) is 6.21 Å². The minimum Gasteiger partial charge on any atom is -0.396 e. The zero-order chi connectivity index (χ0) is 32.9. The van der Waals surface area contributed by atoms with Gasteiger partial charge < -0.3 is 5.73 Å². The highest BCUT2D eigenvalue weighted by molar-refractivity contribution is 7.26. The Bertz CT molecular complexity index is 2220. The molecule has 2 aliphatic rings. The van der Waals surface area contributed by atoms with Crippen LogP contribution in [0.4, 0.5) is 11.4 Å². The summed E-state index contributed by atoms with van der Waals surface area (Å²) in [5.74, 6) is 0. The summed E-state index contributed by atoms with van der Waals surface area (Å²) < 4.78 is 2.69. The lowest BCUT2D eigenvalue weighted by molar-refractivity contribution is 0.907. The molecular weight excluding hydrogens is 601 g/mol. The second kappa shape index (κ2) is 14.3. The molecule has 2 N–H and O–H groups in total. The molecule has 236 valence electrons. The first kappa shape index (κ1) is 31.4. The Hall–Kier alpha value is -5.25. The van der Waals surface area contributed by atoms with E-state index in [1.54, 1.807) is 6.08 Å². The highest BCUT2D eigenvalue weighted by atomic mass is 32.1. The third-order valence-corrected chi connectivity index (χ3v) is 10.5. The van der Waals surface area contributed by atoms with Crippen molar-refractivity contribution in [2.24, 2.45) is 4.99 Å². The van der Waals surface area contributed by atoms with Crippen molar-refractivity contribution in [1.29, 1.82) is 0 Å². The Morgan fingerprint density at radius 2 is 1.40 bits per heavy atom. The number of aliphatic imine (C=N–C) groups is 1. The van der Waals surface area contributed by atoms with Crippen LogP contribution in [0.1, 0.15) is 47.6 Å². The van der Waals surface area contributed by atoms with Gasteiger partial charge in [0.05, 0.1) is 11.4 Å². The number of nitrogen functional groups attached to an aromatic ring is 1. The van der Waals surface area contributed by atoms with Crippen LogP contribution in [-0.2, 0) is 19.3 Å². The van der Waals surface area contributed by atoms with E-state index in [0.717, 1.165) is 43.5 Å². The molecule has 0 amide bonds. The van der Waals surface area contributed by atoms with Crippen molar-refractivity contribution in [3.05, 3.63) is 156 Å². The number of thiophene rings is 1. The van der Waals surface area contributed by atoms with Crippen LogP contribution in [0.3, 0.4) is 0 Å². The molecule has 48 heavy (non-hydrogen) atoms. The van der Waals surface area contributed by atoms with Gasteiger partial charge in [-0.25, -0.2) is 0 Å². The first-order valence-corrected chi connectivity index (χ1v) is 17.6. The number of hydrogen-bond acceptors (Lipinski definition) is 3. The summed E-state index contributed by atoms with van der Waals surface area (Å²) in [6, 6.07) is 33.2. The van der Waals surface area contributed by atoms with Crippen LogP contribution in [0.15, 0.2) is 133 Å². The van der Waals surface area contributed by atoms with Crippen molar-refractivity contribution >= 4 is 61.3 Å². The molecule has 6 aromatic rings. The van der Waals surface area contributed by atoms with Gasteiger partial charge in [-0.2, -0.15) is 0 Å². The molecule has 3 heteroatoms. The second-order valence-electron chi connectivity index (χ2n) is 12.3. The van der Waals surface area contributed by atoms with Gasteiger partial charge in [-0.1, -0.05) is 134 Å². The van der Waals surface area contributed by atoms with Gasteiger partial charge in [0, 0.05) is 43.9 Å². The SMILES string of the molecule is C=C/C=C\C.Nc1c2c(c3c(c1N=CCc1ccc(-c4ccc(-c5cccc6c5sc5ccccc56)cc4)cc1)C=CCC3)CCC=C2. The fraction of sp³-hybridized carbons (Fsp3) is 0.133. The lowest BCUT2D eigenvalue weighted by atomic mass is 9.83. The van der Waals surface area contributed by atoms with E-state index in [0.29, 0.717) is 0 Å². The number of hydrogen-bond donors (Lipinski definition) is 1. The number of nitrogens with two attached hydrogens (primary N) is 1. The van der Waals surface area contributed by atoms with Gasteiger partial charge in [-0.3, -0.25) is 4.99 Å². The average molecular weight is 641 g/mol. The zero-order valence-electron chi connectivity index (χ0n) is 27.5. The molecule has 0 radical (unpaired) electrons. The predicted molar refractivity (Wildman–Crippen MR) is 213 cm³/mol. The van der Waals surface area contributed by atoms with E-state index in [9.17, 15) is 0 Å². The topological polar surface area (TPSA) is 38.4 Å². The summed E-state index contributed by atoms with van der Waals surface area (Å²) >= 11 is 1.88. The largest absolute Gasteiger partial charge is 0.396 e. The molecule has 0 atom stereocenters. The lowest BCUT2D eigenvalue weighted by Crippen LogP contribution is -2.09. The Kier molecular flexibility index (Phi) is 9.31. The summed E-state index contributed by atoms with van der Waals surface area (Å²) in [4.78, 5) is 4.94. The zero-order valence-corrected chi connectivity index (χ0v) is 28.3. The molecule has 0 bridgehead atoms. The maximum Gasteiger partial charge on any atom is 0.0936 e. The average Bonchev–Trinajstić information content (AvgIpc) is 3.53. The Labute approximate surface area is 288 Å². The third kappa shape index (κ3) is 6.22. The second-order valence-corrected chi connectivity index (χ2v) is 13.3. The molecule has 0 saturated carbocycles. The minimum absolute atomic E-state index is 0.767. The fourth-order valence-electron chi connectivity index (χ4n) is 6.87. The summed E-state index contributed by atoms with van der Waals surface area (Å²) in [7, 11) is 0. The van der Waals surface area contributed by atoms with Crippen LogP contribution in [0.25, 0.3) is 54.6 Å². The van der Waals surface area contributed by atoms with Gasteiger partial charge >= 0.3 is 0 Å². The van der Waals surface area contributed by atoms with E-state index in [-0.39, 0.29) is 0 Å². The molecule has 1 heterocycles. The maximum atomic E-state index is 6.69. The van der Waals surface area contributed by atoms with Crippen LogP contribution in [0, 0.1) is 0 Å². The molecule has 5 aromatic carbocycles. The summed E-state index contributed by atoms with van der Waals surface area (Å²) in [6.07, 6.45) is 21.6. The number of fused-ring (bicyclic) bond motifs is 6. The highest BCUT2D eigenvalue weighted by Gasteiger charge is 2.22. The van der Waals surface area contributed by atoms with Crippen molar-refractivity contribution in [3.8, 4) is 22.3 Å². The third-order valence-electron chi connectivity index (χ3n) is 9.27. The summed E-state index contributed by atoms with van der Waals surface area (Å²) in [6.45, 7) is 5.42. The van der Waals surface area contributed by atoms with Gasteiger partial charge in [0.2, 0.25) is 0 Å². The van der Waals surface area contributed by atoms with Crippen LogP contribution >= 0.6 is 11.3 Å². The van der Waals surface area contributed by atoms with E-state index in [1.165, 1.54) is 70.2 Å². The first-order valence-electron chi connectivity index (χ1n) is 16.8. The molecule has 2 aliphatic carbocycles. The van der Waals surface area contributed by atoms with E-state index < -0.39 is 0 Å². The Morgan fingerprint density at radius 1 is 0.750 bits per heavy atom. The molecule has 0 fully saturated rings. The molecular formula is C45H40N2S. The maximum absolute atomic E-state index is 6.69. The van der Waals surface area contributed by atoms with E-state index in [2.05, 4.69) is 122 Å². The molecule has 0 saturated heterocycles. The van der Waals surface area contributed by atoms with E-state index >= 15 is 0 Å². The van der Waals surface area contributed by atoms with Crippen molar-refractivity contribution in [1.82, 2.24) is 0 Å². The highest BCUT2D eigenvalue weighted by Crippen LogP contribution is 2.43. The van der Waals surface area contributed by atoms with Crippen LogP contribution in [0.2, 0.25) is 0 Å². The van der Waals surface area contributed by atoms with Crippen molar-refractivity contribution < 1.29 is 0 Å². The standard InChI is InChI=1S/C40H32N2S.C5H8/c41-38-34-11-3-1-8-31(34)32-9-2-4-12-35(32)39(38)42-25-24-26-16-18-27(19-17-26)28-20-22-29(23-21-28)30-13-7-14-36-33-10-5-6-15-37(33)43-40(30)36;1-3-5-4-2/h3-7,10-23,25H,1-2,8-9,24,41H2;3-5H,1H2,2H3/b;5-4-. The monoisotopic (exact) mass is 640 g/mol. The first-order chi connectivity index (χ1) is 23.7. The van der Waals surface area contributed by atoms with Crippen molar-refractivity contribution in [3.63, 3.8) is 0 Å². The Morgan fingerprint density at radius 3 is 2.10 bits per heavy atom. The molecule has 0 spiro atoms. The van der Waals surface area contributed by atoms with Crippen molar-refractivity contribution in [2.45, 2.75) is 39.0 Å². The number of allylic oxidation sites excluding steroid dienone is 5. The van der Waals surface area contributed by atoms with Gasteiger partial charge in [-0.15, -0.1) is 11.3 Å². The smallest absolute Gasteiger partial charge is 0.0936 e. The van der Waals surface area contributed by atoms with Crippen LogP contribution in [0.5, 0.6) is 0 Å². The normalized spacial score (nSPS) is 13.5. The quantitative estimate of drug-likeness (QED) is 0.110. The predicted octanol–water partition coefficient (Wildman–Crippen LogP) is 12.6. The number of nitrogens with zero attached hydrogens (tertiary/aromatic N) is 1.